The van der Waals surface area contributed by atoms with Crippen LogP contribution in [0.15, 0.2) is 35.7 Å². The molecule has 0 aliphatic rings. The van der Waals surface area contributed by atoms with E-state index in [1.54, 1.807) is 0 Å². The second kappa shape index (κ2) is 6.89. The molecule has 0 aliphatic carbocycles. The Morgan fingerprint density at radius 3 is 2.48 bits per heavy atom. The van der Waals surface area contributed by atoms with Gasteiger partial charge in [-0.1, -0.05) is 30.3 Å². The maximum absolute atomic E-state index is 5.94. The number of benzene rings is 1. The number of thiazole rings is 1. The summed E-state index contributed by atoms with van der Waals surface area (Å²) in [5.41, 5.74) is 1.96. The molecule has 6 nitrogen and oxygen atoms in total. The van der Waals surface area contributed by atoms with Crippen molar-refractivity contribution in [3.63, 3.8) is 0 Å². The highest BCUT2D eigenvalue weighted by Gasteiger charge is 2.09. The SMILES string of the molecule is CC(C)Nc1nc(Cl)nc(Nc2nc(-c3ccccc3)cs2)n1. The minimum atomic E-state index is 0.130. The van der Waals surface area contributed by atoms with Crippen molar-refractivity contribution >= 4 is 40.0 Å². The number of hydrogen-bond acceptors (Lipinski definition) is 7. The predicted octanol–water partition coefficient (Wildman–Crippen LogP) is 4.21. The van der Waals surface area contributed by atoms with Gasteiger partial charge in [-0.05, 0) is 25.4 Å². The molecule has 1 aromatic carbocycles. The van der Waals surface area contributed by atoms with Gasteiger partial charge in [0, 0.05) is 17.0 Å². The van der Waals surface area contributed by atoms with Gasteiger partial charge in [-0.3, -0.25) is 5.32 Å². The lowest BCUT2D eigenvalue weighted by atomic mass is 10.2. The second-order valence-electron chi connectivity index (χ2n) is 5.08. The highest BCUT2D eigenvalue weighted by atomic mass is 35.5. The molecule has 0 spiro atoms. The lowest BCUT2D eigenvalue weighted by molar-refractivity contribution is 0.868. The molecule has 2 heterocycles. The average molecular weight is 347 g/mol. The number of rotatable bonds is 5. The number of anilines is 3. The number of aromatic nitrogens is 4. The van der Waals surface area contributed by atoms with Crippen LogP contribution in [-0.4, -0.2) is 26.0 Å². The highest BCUT2D eigenvalue weighted by molar-refractivity contribution is 7.14. The highest BCUT2D eigenvalue weighted by Crippen LogP contribution is 2.26. The summed E-state index contributed by atoms with van der Waals surface area (Å²) in [7, 11) is 0. The second-order valence-corrected chi connectivity index (χ2v) is 6.28. The van der Waals surface area contributed by atoms with Crippen molar-refractivity contribution in [3.8, 4) is 11.3 Å². The Morgan fingerprint density at radius 1 is 1.00 bits per heavy atom. The first-order valence-corrected chi connectivity index (χ1v) is 8.32. The molecule has 8 heteroatoms. The molecule has 3 rings (SSSR count). The Balaban J connectivity index is 1.80. The largest absolute Gasteiger partial charge is 0.352 e. The van der Waals surface area contributed by atoms with Crippen LogP contribution in [0.2, 0.25) is 5.28 Å². The lowest BCUT2D eigenvalue weighted by Gasteiger charge is -2.09. The van der Waals surface area contributed by atoms with E-state index in [2.05, 4.69) is 30.6 Å². The molecule has 0 saturated heterocycles. The summed E-state index contributed by atoms with van der Waals surface area (Å²) in [6.45, 7) is 4.00. The molecular weight excluding hydrogens is 332 g/mol. The average Bonchev–Trinajstić information content (AvgIpc) is 2.95. The molecular formula is C15H15ClN6S. The first-order chi connectivity index (χ1) is 11.1. The fourth-order valence-electron chi connectivity index (χ4n) is 1.90. The van der Waals surface area contributed by atoms with E-state index in [1.807, 2.05) is 49.6 Å². The number of hydrogen-bond donors (Lipinski definition) is 2. The molecule has 118 valence electrons. The molecule has 0 amide bonds. The van der Waals surface area contributed by atoms with Gasteiger partial charge < -0.3 is 5.32 Å². The van der Waals surface area contributed by atoms with Crippen molar-refractivity contribution < 1.29 is 0 Å². The standard InChI is InChI=1S/C15H15ClN6S/c1-9(2)17-13-19-12(16)20-14(21-13)22-15-18-11(8-23-15)10-6-4-3-5-7-10/h3-9H,1-2H3,(H2,17,18,19,20,21,22). The van der Waals surface area contributed by atoms with Crippen molar-refractivity contribution in [2.24, 2.45) is 0 Å². The maximum Gasteiger partial charge on any atom is 0.235 e. The molecule has 0 saturated carbocycles. The van der Waals surface area contributed by atoms with Crippen LogP contribution < -0.4 is 10.6 Å². The summed E-state index contributed by atoms with van der Waals surface area (Å²) in [5.74, 6) is 0.796. The van der Waals surface area contributed by atoms with Crippen molar-refractivity contribution in [2.75, 3.05) is 10.6 Å². The van der Waals surface area contributed by atoms with Gasteiger partial charge in [-0.25, -0.2) is 4.98 Å². The Morgan fingerprint density at radius 2 is 1.74 bits per heavy atom. The fourth-order valence-corrected chi connectivity index (χ4v) is 2.77. The van der Waals surface area contributed by atoms with E-state index in [-0.39, 0.29) is 11.3 Å². The van der Waals surface area contributed by atoms with E-state index in [0.717, 1.165) is 11.3 Å². The Bertz CT molecular complexity index is 790. The van der Waals surface area contributed by atoms with Crippen LogP contribution in [0.1, 0.15) is 13.8 Å². The molecule has 0 atom stereocenters. The first-order valence-electron chi connectivity index (χ1n) is 7.06. The van der Waals surface area contributed by atoms with Gasteiger partial charge in [0.2, 0.25) is 17.2 Å². The fraction of sp³-hybridized carbons (Fsp3) is 0.200. The summed E-state index contributed by atoms with van der Waals surface area (Å²) in [5, 5.41) is 8.97. The van der Waals surface area contributed by atoms with Crippen LogP contribution in [0.4, 0.5) is 17.0 Å². The smallest absolute Gasteiger partial charge is 0.235 e. The topological polar surface area (TPSA) is 75.6 Å². The van der Waals surface area contributed by atoms with Crippen LogP contribution in [0.25, 0.3) is 11.3 Å². The maximum atomic E-state index is 5.94. The molecule has 3 aromatic rings. The van der Waals surface area contributed by atoms with Gasteiger partial charge in [0.1, 0.15) is 0 Å². The Hall–Kier alpha value is -2.25. The molecule has 0 radical (unpaired) electrons. The predicted molar refractivity (Wildman–Crippen MR) is 94.4 cm³/mol. The third-order valence-corrected chi connectivity index (χ3v) is 3.75. The third-order valence-electron chi connectivity index (χ3n) is 2.82. The normalized spacial score (nSPS) is 10.8. The van der Waals surface area contributed by atoms with Gasteiger partial charge in [-0.15, -0.1) is 11.3 Å². The van der Waals surface area contributed by atoms with Gasteiger partial charge in [0.05, 0.1) is 5.69 Å². The Labute approximate surface area is 143 Å². The summed E-state index contributed by atoms with van der Waals surface area (Å²) in [6, 6.07) is 10.2. The lowest BCUT2D eigenvalue weighted by Crippen LogP contribution is -2.14. The molecule has 2 N–H and O–H groups in total. The zero-order valence-electron chi connectivity index (χ0n) is 12.6. The van der Waals surface area contributed by atoms with Crippen molar-refractivity contribution in [3.05, 3.63) is 41.0 Å². The zero-order valence-corrected chi connectivity index (χ0v) is 14.2. The molecule has 2 aromatic heterocycles. The molecule has 0 fully saturated rings. The van der Waals surface area contributed by atoms with E-state index in [9.17, 15) is 0 Å². The van der Waals surface area contributed by atoms with Crippen LogP contribution in [0, 0.1) is 0 Å². The first kappa shape index (κ1) is 15.6. The van der Waals surface area contributed by atoms with Gasteiger partial charge in [-0.2, -0.15) is 15.0 Å². The summed E-state index contributed by atoms with van der Waals surface area (Å²) < 4.78 is 0. The van der Waals surface area contributed by atoms with Crippen LogP contribution >= 0.6 is 22.9 Å². The van der Waals surface area contributed by atoms with E-state index in [4.69, 9.17) is 11.6 Å². The number of halogens is 1. The zero-order chi connectivity index (χ0) is 16.2. The van der Waals surface area contributed by atoms with Gasteiger partial charge >= 0.3 is 0 Å². The Kier molecular flexibility index (Phi) is 4.68. The van der Waals surface area contributed by atoms with E-state index >= 15 is 0 Å². The van der Waals surface area contributed by atoms with Gasteiger partial charge in [0.15, 0.2) is 5.13 Å². The third kappa shape index (κ3) is 4.14. The van der Waals surface area contributed by atoms with Crippen molar-refractivity contribution in [2.45, 2.75) is 19.9 Å². The molecule has 0 aliphatic heterocycles. The molecule has 0 unspecified atom stereocenters. The molecule has 23 heavy (non-hydrogen) atoms. The van der Waals surface area contributed by atoms with Crippen LogP contribution in [-0.2, 0) is 0 Å². The summed E-state index contributed by atoms with van der Waals surface area (Å²) >= 11 is 7.42. The monoisotopic (exact) mass is 346 g/mol. The summed E-state index contributed by atoms with van der Waals surface area (Å²) in [6.07, 6.45) is 0. The van der Waals surface area contributed by atoms with E-state index in [0.29, 0.717) is 17.0 Å². The number of nitrogens with one attached hydrogen (secondary N) is 2. The van der Waals surface area contributed by atoms with Crippen molar-refractivity contribution in [1.82, 2.24) is 19.9 Å². The summed E-state index contributed by atoms with van der Waals surface area (Å²) in [4.78, 5) is 16.9. The van der Waals surface area contributed by atoms with Crippen LogP contribution in [0.3, 0.4) is 0 Å². The van der Waals surface area contributed by atoms with E-state index < -0.39 is 0 Å². The molecule has 0 bridgehead atoms. The number of nitrogens with zero attached hydrogens (tertiary/aromatic N) is 4. The van der Waals surface area contributed by atoms with E-state index in [1.165, 1.54) is 11.3 Å². The quantitative estimate of drug-likeness (QED) is 0.720. The minimum absolute atomic E-state index is 0.130. The minimum Gasteiger partial charge on any atom is -0.352 e. The van der Waals surface area contributed by atoms with Crippen LogP contribution in [0.5, 0.6) is 0 Å². The van der Waals surface area contributed by atoms with Crippen molar-refractivity contribution in [1.29, 1.82) is 0 Å². The van der Waals surface area contributed by atoms with Gasteiger partial charge in [0.25, 0.3) is 0 Å².